The molecule has 0 unspecified atom stereocenters. The van der Waals surface area contributed by atoms with Gasteiger partial charge in [0.25, 0.3) is 11.1 Å². The Bertz CT molecular complexity index is 1520. The molecule has 5 nitrogen and oxygen atoms in total. The lowest BCUT2D eigenvalue weighted by Crippen LogP contribution is -2.32. The van der Waals surface area contributed by atoms with Gasteiger partial charge in [0.2, 0.25) is 0 Å². The van der Waals surface area contributed by atoms with Crippen LogP contribution < -0.4 is 9.47 Å². The highest BCUT2D eigenvalue weighted by molar-refractivity contribution is 9.10. The molecule has 0 bridgehead atoms. The third kappa shape index (κ3) is 5.85. The van der Waals surface area contributed by atoms with Gasteiger partial charge >= 0.3 is 0 Å². The monoisotopic (exact) mass is 593 g/mol. The summed E-state index contributed by atoms with van der Waals surface area (Å²) in [4.78, 5) is 27.1. The number of carbonyl (C=O) groups excluding carboxylic acids is 2. The van der Waals surface area contributed by atoms with E-state index in [9.17, 15) is 9.59 Å². The second-order valence-electron chi connectivity index (χ2n) is 8.23. The third-order valence-corrected chi connectivity index (χ3v) is 7.69. The molecule has 1 aliphatic heterocycles. The molecule has 0 N–H and O–H groups in total. The minimum Gasteiger partial charge on any atom is -0.491 e. The Morgan fingerprint density at radius 1 is 0.892 bits per heavy atom. The van der Waals surface area contributed by atoms with E-state index in [0.29, 0.717) is 22.3 Å². The van der Waals surface area contributed by atoms with Crippen molar-refractivity contribution in [1.29, 1.82) is 0 Å². The number of carbonyl (C=O) groups is 2. The smallest absolute Gasteiger partial charge is 0.293 e. The van der Waals surface area contributed by atoms with Crippen LogP contribution in [0.15, 0.2) is 94.3 Å². The topological polar surface area (TPSA) is 55.8 Å². The van der Waals surface area contributed by atoms with Crippen molar-refractivity contribution < 1.29 is 19.1 Å². The SMILES string of the molecule is O=C1S/C(=C\c2ccc(OCc3ccccc3Cl)c(Br)c2)C(=O)N1CCOc1cccc2ccccc12. The van der Waals surface area contributed by atoms with Gasteiger partial charge in [0.1, 0.15) is 24.7 Å². The molecule has 0 atom stereocenters. The number of ether oxygens (including phenoxy) is 2. The lowest BCUT2D eigenvalue weighted by Gasteiger charge is -2.14. The van der Waals surface area contributed by atoms with Crippen LogP contribution in [0.5, 0.6) is 11.5 Å². The molecule has 1 saturated heterocycles. The number of fused-ring (bicyclic) bond motifs is 1. The van der Waals surface area contributed by atoms with Gasteiger partial charge in [-0.3, -0.25) is 14.5 Å². The summed E-state index contributed by atoms with van der Waals surface area (Å²) < 4.78 is 12.5. The summed E-state index contributed by atoms with van der Waals surface area (Å²) in [6.45, 7) is 0.712. The van der Waals surface area contributed by atoms with Crippen molar-refractivity contribution in [1.82, 2.24) is 4.90 Å². The second kappa shape index (κ2) is 11.4. The fraction of sp³-hybridized carbons (Fsp3) is 0.103. The van der Waals surface area contributed by atoms with Gasteiger partial charge < -0.3 is 9.47 Å². The van der Waals surface area contributed by atoms with Crippen LogP contribution in [0.25, 0.3) is 16.8 Å². The van der Waals surface area contributed by atoms with Crippen LogP contribution in [0.4, 0.5) is 4.79 Å². The summed E-state index contributed by atoms with van der Waals surface area (Å²) in [6.07, 6.45) is 1.71. The van der Waals surface area contributed by atoms with Crippen LogP contribution in [0.2, 0.25) is 5.02 Å². The van der Waals surface area contributed by atoms with Crippen LogP contribution in [-0.4, -0.2) is 29.2 Å². The van der Waals surface area contributed by atoms with Crippen molar-refractivity contribution in [3.8, 4) is 11.5 Å². The fourth-order valence-electron chi connectivity index (χ4n) is 3.91. The number of rotatable bonds is 8. The van der Waals surface area contributed by atoms with Crippen LogP contribution >= 0.6 is 39.3 Å². The molecule has 186 valence electrons. The number of benzene rings is 4. The molecule has 0 aliphatic carbocycles. The maximum atomic E-state index is 12.9. The Morgan fingerprint density at radius 2 is 1.68 bits per heavy atom. The number of halogens is 2. The second-order valence-corrected chi connectivity index (χ2v) is 10.5. The summed E-state index contributed by atoms with van der Waals surface area (Å²) in [5.41, 5.74) is 1.66. The van der Waals surface area contributed by atoms with E-state index in [2.05, 4.69) is 15.9 Å². The highest BCUT2D eigenvalue weighted by Crippen LogP contribution is 2.34. The van der Waals surface area contributed by atoms with Crippen molar-refractivity contribution in [2.45, 2.75) is 6.61 Å². The average molecular weight is 595 g/mol. The van der Waals surface area contributed by atoms with Crippen LogP contribution in [0.3, 0.4) is 0 Å². The van der Waals surface area contributed by atoms with Crippen molar-refractivity contribution >= 4 is 67.3 Å². The zero-order valence-corrected chi connectivity index (χ0v) is 22.7. The number of nitrogens with zero attached hydrogens (tertiary/aromatic N) is 1. The molecule has 8 heteroatoms. The first-order valence-electron chi connectivity index (χ1n) is 11.5. The number of hydrogen-bond donors (Lipinski definition) is 0. The molecule has 1 heterocycles. The summed E-state index contributed by atoms with van der Waals surface area (Å²) >= 11 is 10.7. The van der Waals surface area contributed by atoms with Gasteiger partial charge in [0.05, 0.1) is 15.9 Å². The molecular weight excluding hydrogens is 574 g/mol. The lowest BCUT2D eigenvalue weighted by atomic mass is 10.1. The normalized spacial score (nSPS) is 14.5. The van der Waals surface area contributed by atoms with E-state index >= 15 is 0 Å². The van der Waals surface area contributed by atoms with Gasteiger partial charge in [-0.05, 0) is 69.0 Å². The molecule has 0 radical (unpaired) electrons. The standard InChI is InChI=1S/C29H21BrClNO4S/c30-23-16-19(12-13-26(23)36-18-21-7-2-4-10-24(21)31)17-27-28(33)32(29(34)37-27)14-15-35-25-11-5-8-20-6-1-3-9-22(20)25/h1-13,16-17H,14-15,18H2/b27-17-. The number of imide groups is 1. The van der Waals surface area contributed by atoms with Crippen molar-refractivity contribution in [3.05, 3.63) is 110 Å². The minimum absolute atomic E-state index is 0.170. The predicted octanol–water partition coefficient (Wildman–Crippen LogP) is 7.95. The quantitative estimate of drug-likeness (QED) is 0.194. The van der Waals surface area contributed by atoms with E-state index in [1.165, 1.54) is 4.90 Å². The Labute approximate surface area is 232 Å². The van der Waals surface area contributed by atoms with E-state index in [1.54, 1.807) is 6.08 Å². The van der Waals surface area contributed by atoms with E-state index in [-0.39, 0.29) is 24.3 Å². The predicted molar refractivity (Wildman–Crippen MR) is 152 cm³/mol. The largest absolute Gasteiger partial charge is 0.491 e. The Balaban J connectivity index is 1.21. The Morgan fingerprint density at radius 3 is 2.51 bits per heavy atom. The number of hydrogen-bond acceptors (Lipinski definition) is 5. The van der Waals surface area contributed by atoms with Crippen molar-refractivity contribution in [2.75, 3.05) is 13.2 Å². The Hall–Kier alpha value is -3.26. The molecule has 4 aromatic carbocycles. The van der Waals surface area contributed by atoms with Gasteiger partial charge in [-0.1, -0.05) is 72.3 Å². The van der Waals surface area contributed by atoms with Crippen LogP contribution in [0.1, 0.15) is 11.1 Å². The van der Waals surface area contributed by atoms with Gasteiger partial charge in [0.15, 0.2) is 0 Å². The highest BCUT2D eigenvalue weighted by Gasteiger charge is 2.34. The third-order valence-electron chi connectivity index (χ3n) is 5.79. The number of thioether (sulfide) groups is 1. The van der Waals surface area contributed by atoms with E-state index in [4.69, 9.17) is 21.1 Å². The number of amides is 2. The molecule has 5 rings (SSSR count). The zero-order chi connectivity index (χ0) is 25.8. The van der Waals surface area contributed by atoms with E-state index in [1.807, 2.05) is 84.9 Å². The molecule has 0 aromatic heterocycles. The first-order chi connectivity index (χ1) is 18.0. The van der Waals surface area contributed by atoms with Gasteiger partial charge in [-0.25, -0.2) is 0 Å². The average Bonchev–Trinajstić information content (AvgIpc) is 3.16. The first-order valence-corrected chi connectivity index (χ1v) is 13.5. The maximum Gasteiger partial charge on any atom is 0.293 e. The van der Waals surface area contributed by atoms with E-state index in [0.717, 1.165) is 43.9 Å². The van der Waals surface area contributed by atoms with Gasteiger partial charge in [-0.15, -0.1) is 0 Å². The summed E-state index contributed by atoms with van der Waals surface area (Å²) in [6, 6.07) is 26.7. The molecule has 0 spiro atoms. The fourth-order valence-corrected chi connectivity index (χ4v) is 5.47. The van der Waals surface area contributed by atoms with Gasteiger partial charge in [-0.2, -0.15) is 0 Å². The summed E-state index contributed by atoms with van der Waals surface area (Å²) in [5, 5.41) is 2.40. The zero-order valence-electron chi connectivity index (χ0n) is 19.5. The Kier molecular flexibility index (Phi) is 7.84. The molecule has 1 aliphatic rings. The van der Waals surface area contributed by atoms with Crippen LogP contribution in [0, 0.1) is 0 Å². The lowest BCUT2D eigenvalue weighted by molar-refractivity contribution is -0.123. The molecule has 2 amide bonds. The van der Waals surface area contributed by atoms with Crippen molar-refractivity contribution in [2.24, 2.45) is 0 Å². The summed E-state index contributed by atoms with van der Waals surface area (Å²) in [5.74, 6) is 1.05. The molecule has 37 heavy (non-hydrogen) atoms. The van der Waals surface area contributed by atoms with Crippen molar-refractivity contribution in [3.63, 3.8) is 0 Å². The molecule has 0 saturated carbocycles. The molecule has 4 aromatic rings. The summed E-state index contributed by atoms with van der Waals surface area (Å²) in [7, 11) is 0. The minimum atomic E-state index is -0.327. The first kappa shape index (κ1) is 25.4. The van der Waals surface area contributed by atoms with Crippen LogP contribution in [-0.2, 0) is 11.4 Å². The van der Waals surface area contributed by atoms with Gasteiger partial charge in [0, 0.05) is 16.0 Å². The highest BCUT2D eigenvalue weighted by atomic mass is 79.9. The molecular formula is C29H21BrClNO4S. The van der Waals surface area contributed by atoms with E-state index < -0.39 is 0 Å². The maximum absolute atomic E-state index is 12.9. The molecule has 1 fully saturated rings.